The van der Waals surface area contributed by atoms with Gasteiger partial charge in [0, 0.05) is 29.2 Å². The Morgan fingerprint density at radius 3 is 2.60 bits per heavy atom. The highest BCUT2D eigenvalue weighted by Crippen LogP contribution is 2.32. The van der Waals surface area contributed by atoms with Gasteiger partial charge in [0.2, 0.25) is 0 Å². The van der Waals surface area contributed by atoms with E-state index in [9.17, 15) is 13.2 Å². The molecule has 0 amide bonds. The maximum absolute atomic E-state index is 12.2. The normalized spacial score (nSPS) is 12.5. The number of halogens is 3. The fraction of sp³-hybridized carbons (Fsp3) is 0.429. The third kappa shape index (κ3) is 3.71. The number of nitrogens with zero attached hydrogens (tertiary/aromatic N) is 1. The smallest absolute Gasteiger partial charge is 0.326 e. The van der Waals surface area contributed by atoms with Crippen LogP contribution in [0.15, 0.2) is 24.3 Å². The summed E-state index contributed by atoms with van der Waals surface area (Å²) in [6.45, 7) is 0.909. The zero-order valence-corrected chi connectivity index (χ0v) is 12.0. The molecule has 110 valence electrons. The van der Waals surface area contributed by atoms with Crippen LogP contribution in [0, 0.1) is 0 Å². The fourth-order valence-electron chi connectivity index (χ4n) is 2.15. The van der Waals surface area contributed by atoms with Crippen LogP contribution >= 0.6 is 11.3 Å². The molecule has 0 saturated heterocycles. The zero-order valence-electron chi connectivity index (χ0n) is 11.2. The van der Waals surface area contributed by atoms with Gasteiger partial charge in [0.25, 0.3) is 0 Å². The minimum absolute atomic E-state index is 0.00230. The fourth-order valence-corrected chi connectivity index (χ4v) is 3.25. The van der Waals surface area contributed by atoms with Crippen molar-refractivity contribution < 1.29 is 13.2 Å². The summed E-state index contributed by atoms with van der Waals surface area (Å²) in [5, 5.41) is 1.09. The van der Waals surface area contributed by atoms with Gasteiger partial charge in [-0.3, -0.25) is 0 Å². The number of nitrogens with two attached hydrogens (primary N) is 1. The lowest BCUT2D eigenvalue weighted by atomic mass is 10.1. The van der Waals surface area contributed by atoms with Crippen LogP contribution < -0.4 is 5.73 Å². The van der Waals surface area contributed by atoms with Crippen molar-refractivity contribution in [3.05, 3.63) is 34.7 Å². The Hall–Kier alpha value is -1.11. The molecule has 0 aliphatic rings. The van der Waals surface area contributed by atoms with Crippen molar-refractivity contribution in [1.29, 1.82) is 0 Å². The Morgan fingerprint density at radius 1 is 1.25 bits per heavy atom. The molecule has 0 saturated carbocycles. The van der Waals surface area contributed by atoms with Gasteiger partial charge in [0.15, 0.2) is 0 Å². The lowest BCUT2D eigenvalue weighted by Crippen LogP contribution is -2.24. The lowest BCUT2D eigenvalue weighted by Gasteiger charge is -2.18. The number of hydrogen-bond donors (Lipinski definition) is 1. The van der Waals surface area contributed by atoms with Crippen LogP contribution in [-0.4, -0.2) is 24.7 Å². The first-order chi connectivity index (χ1) is 9.40. The lowest BCUT2D eigenvalue weighted by molar-refractivity contribution is -0.137. The minimum Gasteiger partial charge on any atom is -0.326 e. The van der Waals surface area contributed by atoms with E-state index in [4.69, 9.17) is 5.73 Å². The summed E-state index contributed by atoms with van der Waals surface area (Å²) in [5.41, 5.74) is 6.80. The Kier molecular flexibility index (Phi) is 4.67. The molecule has 0 aliphatic carbocycles. The molecular weight excluding hydrogens is 285 g/mol. The summed E-state index contributed by atoms with van der Waals surface area (Å²) in [4.78, 5) is 2.74. The summed E-state index contributed by atoms with van der Waals surface area (Å²) in [7, 11) is 1.71. The van der Waals surface area contributed by atoms with Gasteiger partial charge in [-0.15, -0.1) is 11.3 Å². The first-order valence-electron chi connectivity index (χ1n) is 6.35. The summed E-state index contributed by atoms with van der Waals surface area (Å²) >= 11 is 1.62. The van der Waals surface area contributed by atoms with Crippen LogP contribution in [0.2, 0.25) is 0 Å². The standard InChI is InChI=1S/C14H17F3N2S/c1-19(7-6-14(15,16)17)9-11-10-4-2-3-5-12(10)20-13(11)8-18/h2-5H,6-9,18H2,1H3. The molecule has 0 radical (unpaired) electrons. The van der Waals surface area contributed by atoms with E-state index in [2.05, 4.69) is 0 Å². The van der Waals surface area contributed by atoms with Gasteiger partial charge in [-0.25, -0.2) is 0 Å². The molecule has 0 unspecified atom stereocenters. The second-order valence-electron chi connectivity index (χ2n) is 4.81. The number of thiophene rings is 1. The average molecular weight is 302 g/mol. The summed E-state index contributed by atoms with van der Waals surface area (Å²) in [5.74, 6) is 0. The van der Waals surface area contributed by atoms with E-state index < -0.39 is 12.6 Å². The average Bonchev–Trinajstić information content (AvgIpc) is 2.74. The SMILES string of the molecule is CN(CCC(F)(F)F)Cc1c(CN)sc2ccccc12. The molecule has 2 rings (SSSR count). The summed E-state index contributed by atoms with van der Waals surface area (Å²) in [6.07, 6.45) is -4.90. The largest absolute Gasteiger partial charge is 0.390 e. The van der Waals surface area contributed by atoms with Gasteiger partial charge in [-0.1, -0.05) is 18.2 Å². The van der Waals surface area contributed by atoms with Crippen molar-refractivity contribution in [3.8, 4) is 0 Å². The van der Waals surface area contributed by atoms with Crippen molar-refractivity contribution in [2.45, 2.75) is 25.7 Å². The highest BCUT2D eigenvalue weighted by Gasteiger charge is 2.27. The predicted molar refractivity (Wildman–Crippen MR) is 76.7 cm³/mol. The molecule has 0 bridgehead atoms. The monoisotopic (exact) mass is 302 g/mol. The van der Waals surface area contributed by atoms with E-state index in [1.807, 2.05) is 24.3 Å². The molecule has 20 heavy (non-hydrogen) atoms. The van der Waals surface area contributed by atoms with Gasteiger partial charge in [-0.2, -0.15) is 13.2 Å². The maximum Gasteiger partial charge on any atom is 0.390 e. The Balaban J connectivity index is 2.16. The first-order valence-corrected chi connectivity index (χ1v) is 7.17. The van der Waals surface area contributed by atoms with E-state index in [1.54, 1.807) is 23.3 Å². The van der Waals surface area contributed by atoms with Gasteiger partial charge in [0.1, 0.15) is 0 Å². The third-order valence-corrected chi connectivity index (χ3v) is 4.41. The highest BCUT2D eigenvalue weighted by molar-refractivity contribution is 7.19. The molecule has 2 aromatic rings. The van der Waals surface area contributed by atoms with Gasteiger partial charge in [-0.05, 0) is 24.1 Å². The van der Waals surface area contributed by atoms with E-state index in [-0.39, 0.29) is 6.54 Å². The summed E-state index contributed by atoms with van der Waals surface area (Å²) in [6, 6.07) is 7.90. The molecule has 1 aromatic heterocycles. The molecular formula is C14H17F3N2S. The van der Waals surface area contributed by atoms with Crippen LogP contribution in [0.5, 0.6) is 0 Å². The van der Waals surface area contributed by atoms with Crippen LogP contribution in [0.25, 0.3) is 10.1 Å². The van der Waals surface area contributed by atoms with Crippen molar-refractivity contribution in [1.82, 2.24) is 4.90 Å². The van der Waals surface area contributed by atoms with E-state index in [1.165, 1.54) is 0 Å². The number of rotatable bonds is 5. The minimum atomic E-state index is -4.11. The second kappa shape index (κ2) is 6.11. The number of benzene rings is 1. The van der Waals surface area contributed by atoms with Crippen molar-refractivity contribution in [2.75, 3.05) is 13.6 Å². The molecule has 0 aliphatic heterocycles. The molecule has 0 fully saturated rings. The van der Waals surface area contributed by atoms with Gasteiger partial charge >= 0.3 is 6.18 Å². The number of fused-ring (bicyclic) bond motifs is 1. The molecule has 1 heterocycles. The maximum atomic E-state index is 12.2. The summed E-state index contributed by atoms with van der Waals surface area (Å²) < 4.78 is 37.9. The molecule has 2 N–H and O–H groups in total. The van der Waals surface area contributed by atoms with Crippen LogP contribution in [0.4, 0.5) is 13.2 Å². The van der Waals surface area contributed by atoms with Crippen molar-refractivity contribution >= 4 is 21.4 Å². The quantitative estimate of drug-likeness (QED) is 0.911. The van der Waals surface area contributed by atoms with Gasteiger partial charge < -0.3 is 10.6 Å². The topological polar surface area (TPSA) is 29.3 Å². The molecule has 0 atom stereocenters. The Morgan fingerprint density at radius 2 is 1.95 bits per heavy atom. The molecule has 2 nitrogen and oxygen atoms in total. The molecule has 6 heteroatoms. The van der Waals surface area contributed by atoms with Crippen LogP contribution in [-0.2, 0) is 13.1 Å². The molecule has 0 spiro atoms. The Bertz CT molecular complexity index is 577. The van der Waals surface area contributed by atoms with Crippen molar-refractivity contribution in [2.24, 2.45) is 5.73 Å². The Labute approximate surface area is 120 Å². The zero-order chi connectivity index (χ0) is 14.8. The van der Waals surface area contributed by atoms with Crippen LogP contribution in [0.3, 0.4) is 0 Å². The van der Waals surface area contributed by atoms with E-state index in [0.29, 0.717) is 13.1 Å². The van der Waals surface area contributed by atoms with Gasteiger partial charge in [0.05, 0.1) is 6.42 Å². The highest BCUT2D eigenvalue weighted by atomic mass is 32.1. The predicted octanol–water partition coefficient (Wildman–Crippen LogP) is 3.74. The number of alkyl halides is 3. The van der Waals surface area contributed by atoms with E-state index >= 15 is 0 Å². The molecule has 1 aromatic carbocycles. The third-order valence-electron chi connectivity index (χ3n) is 3.17. The number of hydrogen-bond acceptors (Lipinski definition) is 3. The van der Waals surface area contributed by atoms with E-state index in [0.717, 1.165) is 20.5 Å². The first kappa shape index (κ1) is 15.3. The second-order valence-corrected chi connectivity index (χ2v) is 5.94. The van der Waals surface area contributed by atoms with Crippen molar-refractivity contribution in [3.63, 3.8) is 0 Å². The van der Waals surface area contributed by atoms with Crippen LogP contribution in [0.1, 0.15) is 16.9 Å².